The molecule has 1 N–H and O–H groups in total. The van der Waals surface area contributed by atoms with Crippen molar-refractivity contribution < 1.29 is 9.90 Å². The van der Waals surface area contributed by atoms with Gasteiger partial charge in [-0.1, -0.05) is 41.7 Å². The van der Waals surface area contributed by atoms with E-state index in [9.17, 15) is 9.59 Å². The molecule has 0 saturated heterocycles. The zero-order chi connectivity index (χ0) is 12.4. The fraction of sp³-hybridized carbons (Fsp3) is 0.167. The highest BCUT2D eigenvalue weighted by Crippen LogP contribution is 2.13. The van der Waals surface area contributed by atoms with Crippen molar-refractivity contribution in [1.29, 1.82) is 0 Å². The number of aromatic nitrogens is 1. The first-order valence-corrected chi connectivity index (χ1v) is 5.88. The van der Waals surface area contributed by atoms with E-state index in [1.54, 1.807) is 6.92 Å². The third-order valence-corrected chi connectivity index (χ3v) is 3.59. The topological polar surface area (TPSA) is 59.3 Å². The van der Waals surface area contributed by atoms with Crippen molar-refractivity contribution in [3.63, 3.8) is 0 Å². The Morgan fingerprint density at radius 2 is 2.00 bits per heavy atom. The molecule has 0 atom stereocenters. The van der Waals surface area contributed by atoms with Crippen molar-refractivity contribution in [3.8, 4) is 0 Å². The van der Waals surface area contributed by atoms with Crippen molar-refractivity contribution in [1.82, 2.24) is 4.57 Å². The van der Waals surface area contributed by atoms with E-state index in [0.29, 0.717) is 12.2 Å². The fourth-order valence-corrected chi connectivity index (χ4v) is 2.45. The Morgan fingerprint density at radius 3 is 2.53 bits per heavy atom. The molecule has 88 valence electrons. The second-order valence-electron chi connectivity index (χ2n) is 3.66. The van der Waals surface area contributed by atoms with Crippen LogP contribution in [0, 0.1) is 6.92 Å². The molecule has 0 aliphatic carbocycles. The molecule has 0 spiro atoms. The van der Waals surface area contributed by atoms with E-state index < -0.39 is 5.97 Å². The second-order valence-corrected chi connectivity index (χ2v) is 4.62. The number of aromatic carboxylic acids is 1. The van der Waals surface area contributed by atoms with E-state index >= 15 is 0 Å². The summed E-state index contributed by atoms with van der Waals surface area (Å²) in [6.07, 6.45) is 0. The third-order valence-electron chi connectivity index (χ3n) is 2.52. The zero-order valence-electron chi connectivity index (χ0n) is 9.21. The Balaban J connectivity index is 2.41. The average molecular weight is 249 g/mol. The third kappa shape index (κ3) is 2.29. The molecule has 2 aromatic rings. The van der Waals surface area contributed by atoms with Gasteiger partial charge in [-0.3, -0.25) is 9.36 Å². The van der Waals surface area contributed by atoms with Gasteiger partial charge in [-0.2, -0.15) is 0 Å². The van der Waals surface area contributed by atoms with Crippen molar-refractivity contribution in [2.45, 2.75) is 13.5 Å². The number of carboxylic acids is 1. The van der Waals surface area contributed by atoms with Crippen molar-refractivity contribution in [2.75, 3.05) is 0 Å². The van der Waals surface area contributed by atoms with Crippen LogP contribution in [0.5, 0.6) is 0 Å². The lowest BCUT2D eigenvalue weighted by atomic mass is 10.2. The van der Waals surface area contributed by atoms with Crippen LogP contribution in [-0.4, -0.2) is 15.6 Å². The van der Waals surface area contributed by atoms with E-state index in [1.165, 1.54) is 4.57 Å². The molecule has 5 heteroatoms. The summed E-state index contributed by atoms with van der Waals surface area (Å²) in [7, 11) is 0. The normalized spacial score (nSPS) is 10.4. The molecule has 0 fully saturated rings. The molecule has 1 heterocycles. The van der Waals surface area contributed by atoms with E-state index in [-0.39, 0.29) is 9.75 Å². The van der Waals surface area contributed by atoms with Gasteiger partial charge in [0, 0.05) is 5.69 Å². The minimum absolute atomic E-state index is 0.117. The first-order chi connectivity index (χ1) is 8.09. The van der Waals surface area contributed by atoms with Gasteiger partial charge in [0.1, 0.15) is 4.88 Å². The summed E-state index contributed by atoms with van der Waals surface area (Å²) < 4.78 is 1.49. The van der Waals surface area contributed by atoms with Crippen molar-refractivity contribution in [3.05, 3.63) is 56.1 Å². The number of carboxylic acid groups (broad SMARTS) is 1. The molecule has 17 heavy (non-hydrogen) atoms. The maximum Gasteiger partial charge on any atom is 0.347 e. The number of benzene rings is 1. The van der Waals surface area contributed by atoms with Gasteiger partial charge in [-0.25, -0.2) is 4.79 Å². The van der Waals surface area contributed by atoms with Gasteiger partial charge >= 0.3 is 10.8 Å². The van der Waals surface area contributed by atoms with Gasteiger partial charge in [0.25, 0.3) is 0 Å². The quantitative estimate of drug-likeness (QED) is 0.904. The number of thiazole rings is 1. The lowest BCUT2D eigenvalue weighted by Crippen LogP contribution is -2.15. The molecular formula is C12H11NO3S. The molecule has 0 radical (unpaired) electrons. The van der Waals surface area contributed by atoms with Crippen molar-refractivity contribution in [2.24, 2.45) is 0 Å². The first-order valence-electron chi connectivity index (χ1n) is 5.07. The molecule has 0 unspecified atom stereocenters. The van der Waals surface area contributed by atoms with Crippen LogP contribution < -0.4 is 4.87 Å². The molecule has 0 amide bonds. The molecule has 1 aromatic carbocycles. The van der Waals surface area contributed by atoms with Crippen LogP contribution in [0.15, 0.2) is 35.1 Å². The number of hydrogen-bond donors (Lipinski definition) is 1. The highest BCUT2D eigenvalue weighted by molar-refractivity contribution is 7.11. The minimum atomic E-state index is -1.04. The molecule has 0 bridgehead atoms. The molecule has 0 aliphatic rings. The predicted molar refractivity (Wildman–Crippen MR) is 65.8 cm³/mol. The molecule has 2 rings (SSSR count). The summed E-state index contributed by atoms with van der Waals surface area (Å²) in [5, 5.41) is 8.93. The molecule has 4 nitrogen and oxygen atoms in total. The van der Waals surface area contributed by atoms with E-state index in [1.807, 2.05) is 30.3 Å². The van der Waals surface area contributed by atoms with Crippen LogP contribution in [0.2, 0.25) is 0 Å². The highest BCUT2D eigenvalue weighted by atomic mass is 32.1. The van der Waals surface area contributed by atoms with Crippen LogP contribution in [0.1, 0.15) is 20.9 Å². The number of hydrogen-bond acceptors (Lipinski definition) is 3. The summed E-state index contributed by atoms with van der Waals surface area (Å²) in [6, 6.07) is 9.49. The first kappa shape index (κ1) is 11.6. The summed E-state index contributed by atoms with van der Waals surface area (Å²) in [5.74, 6) is -1.04. The van der Waals surface area contributed by atoms with Crippen LogP contribution in [0.4, 0.5) is 0 Å². The Bertz CT molecular complexity index is 598. The summed E-state index contributed by atoms with van der Waals surface area (Å²) in [5.41, 5.74) is 1.49. The predicted octanol–water partition coefficient (Wildman–Crippen LogP) is 1.96. The molecular weight excluding hydrogens is 238 g/mol. The highest BCUT2D eigenvalue weighted by Gasteiger charge is 2.16. The maximum atomic E-state index is 11.7. The van der Waals surface area contributed by atoms with Gasteiger partial charge in [-0.15, -0.1) is 0 Å². The monoisotopic (exact) mass is 249 g/mol. The van der Waals surface area contributed by atoms with Gasteiger partial charge in [0.2, 0.25) is 0 Å². The number of carbonyl (C=O) groups is 1. The zero-order valence-corrected chi connectivity index (χ0v) is 10.0. The van der Waals surface area contributed by atoms with E-state index in [0.717, 1.165) is 16.9 Å². The SMILES string of the molecule is Cc1c(C(=O)O)sc(=O)n1Cc1ccccc1. The van der Waals surface area contributed by atoms with Crippen LogP contribution in [0.25, 0.3) is 0 Å². The van der Waals surface area contributed by atoms with Gasteiger partial charge < -0.3 is 5.11 Å². The summed E-state index contributed by atoms with van der Waals surface area (Å²) in [4.78, 5) is 22.5. The van der Waals surface area contributed by atoms with E-state index in [4.69, 9.17) is 5.11 Å². The van der Waals surface area contributed by atoms with Crippen molar-refractivity contribution >= 4 is 17.3 Å². The molecule has 0 saturated carbocycles. The number of nitrogens with zero attached hydrogens (tertiary/aromatic N) is 1. The van der Waals surface area contributed by atoms with Gasteiger partial charge in [0.15, 0.2) is 0 Å². The Hall–Kier alpha value is -1.88. The largest absolute Gasteiger partial charge is 0.477 e. The lowest BCUT2D eigenvalue weighted by molar-refractivity contribution is 0.0701. The smallest absolute Gasteiger partial charge is 0.347 e. The Kier molecular flexibility index (Phi) is 3.10. The van der Waals surface area contributed by atoms with Crippen LogP contribution in [-0.2, 0) is 6.54 Å². The standard InChI is InChI=1S/C12H11NO3S/c1-8-10(11(14)15)17-12(16)13(8)7-9-5-3-2-4-6-9/h2-6H,7H2,1H3,(H,14,15). The Morgan fingerprint density at radius 1 is 1.35 bits per heavy atom. The maximum absolute atomic E-state index is 11.7. The molecule has 0 aliphatic heterocycles. The minimum Gasteiger partial charge on any atom is -0.477 e. The van der Waals surface area contributed by atoms with Gasteiger partial charge in [0.05, 0.1) is 6.54 Å². The Labute approximate surface area is 102 Å². The second kappa shape index (κ2) is 4.55. The fourth-order valence-electron chi connectivity index (χ4n) is 1.62. The van der Waals surface area contributed by atoms with Crippen LogP contribution in [0.3, 0.4) is 0 Å². The summed E-state index contributed by atoms with van der Waals surface area (Å²) >= 11 is 0.776. The van der Waals surface area contributed by atoms with Crippen LogP contribution >= 0.6 is 11.3 Å². The lowest BCUT2D eigenvalue weighted by Gasteiger charge is -2.04. The average Bonchev–Trinajstić information content (AvgIpc) is 2.58. The van der Waals surface area contributed by atoms with E-state index in [2.05, 4.69) is 0 Å². The van der Waals surface area contributed by atoms with Gasteiger partial charge in [-0.05, 0) is 12.5 Å². The summed E-state index contributed by atoms with van der Waals surface area (Å²) in [6.45, 7) is 2.07. The number of rotatable bonds is 3. The molecule has 1 aromatic heterocycles.